The number of hydrogen-bond acceptors (Lipinski definition) is 3. The van der Waals surface area contributed by atoms with Gasteiger partial charge < -0.3 is 16.0 Å². The van der Waals surface area contributed by atoms with Crippen molar-refractivity contribution in [3.63, 3.8) is 0 Å². The topological polar surface area (TPSA) is 71.5 Å². The molecular weight excluding hydrogens is 264 g/mol. The first-order chi connectivity index (χ1) is 10.0. The molecule has 0 amide bonds. The largest absolute Gasteiger partial charge is 0.370 e. The molecule has 6 nitrogen and oxygen atoms in total. The van der Waals surface area contributed by atoms with Gasteiger partial charge in [-0.2, -0.15) is 5.10 Å². The maximum absolute atomic E-state index is 5.92. The summed E-state index contributed by atoms with van der Waals surface area (Å²) in [4.78, 5) is 6.59. The molecule has 21 heavy (non-hydrogen) atoms. The number of rotatable bonds is 9. The monoisotopic (exact) mass is 294 g/mol. The summed E-state index contributed by atoms with van der Waals surface area (Å²) in [5.41, 5.74) is 7.07. The highest BCUT2D eigenvalue weighted by Gasteiger charge is 2.15. The molecule has 0 aliphatic carbocycles. The Bertz CT molecular complexity index is 424. The first-order valence-corrected chi connectivity index (χ1v) is 7.73. The van der Waals surface area contributed by atoms with Crippen LogP contribution in [0.15, 0.2) is 17.4 Å². The molecule has 1 aromatic rings. The van der Waals surface area contributed by atoms with E-state index in [-0.39, 0.29) is 6.04 Å². The molecule has 0 saturated heterocycles. The molecule has 0 aliphatic heterocycles. The summed E-state index contributed by atoms with van der Waals surface area (Å²) in [7, 11) is 6.01. The highest BCUT2D eigenvalue weighted by molar-refractivity contribution is 5.77. The van der Waals surface area contributed by atoms with Crippen LogP contribution in [0.5, 0.6) is 0 Å². The van der Waals surface area contributed by atoms with Crippen molar-refractivity contribution in [3.8, 4) is 0 Å². The second-order valence-electron chi connectivity index (χ2n) is 5.64. The van der Waals surface area contributed by atoms with Crippen molar-refractivity contribution in [3.05, 3.63) is 18.0 Å². The Hall–Kier alpha value is -1.56. The van der Waals surface area contributed by atoms with Gasteiger partial charge in [0.1, 0.15) is 0 Å². The number of nitrogens with two attached hydrogens (primary N) is 1. The molecule has 0 aromatic carbocycles. The Kier molecular flexibility index (Phi) is 7.82. The van der Waals surface area contributed by atoms with Crippen LogP contribution in [-0.2, 0) is 7.05 Å². The number of nitrogens with zero attached hydrogens (tertiary/aromatic N) is 4. The minimum absolute atomic E-state index is 0.194. The predicted octanol–water partition coefficient (Wildman–Crippen LogP) is 1.51. The lowest BCUT2D eigenvalue weighted by molar-refractivity contribution is 0.306. The lowest BCUT2D eigenvalue weighted by Gasteiger charge is -2.21. The van der Waals surface area contributed by atoms with E-state index in [1.807, 2.05) is 38.2 Å². The Morgan fingerprint density at radius 2 is 2.19 bits per heavy atom. The van der Waals surface area contributed by atoms with E-state index < -0.39 is 0 Å². The maximum atomic E-state index is 5.92. The van der Waals surface area contributed by atoms with E-state index in [1.54, 1.807) is 0 Å². The van der Waals surface area contributed by atoms with Gasteiger partial charge in [-0.3, -0.25) is 9.67 Å². The molecule has 0 aliphatic rings. The highest BCUT2D eigenvalue weighted by atomic mass is 15.2. The fourth-order valence-corrected chi connectivity index (χ4v) is 2.19. The van der Waals surface area contributed by atoms with E-state index in [2.05, 4.69) is 27.2 Å². The molecule has 1 rings (SSSR count). The molecule has 0 radical (unpaired) electrons. The second kappa shape index (κ2) is 9.39. The summed E-state index contributed by atoms with van der Waals surface area (Å²) >= 11 is 0. The maximum Gasteiger partial charge on any atom is 0.188 e. The lowest BCUT2D eigenvalue weighted by Crippen LogP contribution is -2.33. The van der Waals surface area contributed by atoms with Crippen molar-refractivity contribution >= 4 is 5.96 Å². The molecule has 1 heterocycles. The van der Waals surface area contributed by atoms with Gasteiger partial charge in [0.2, 0.25) is 0 Å². The van der Waals surface area contributed by atoms with Gasteiger partial charge >= 0.3 is 0 Å². The smallest absolute Gasteiger partial charge is 0.188 e. The van der Waals surface area contributed by atoms with Crippen LogP contribution >= 0.6 is 0 Å². The molecule has 6 heteroatoms. The van der Waals surface area contributed by atoms with Crippen molar-refractivity contribution in [2.45, 2.75) is 38.6 Å². The van der Waals surface area contributed by atoms with Crippen LogP contribution in [0.4, 0.5) is 0 Å². The Morgan fingerprint density at radius 1 is 1.43 bits per heavy atom. The van der Waals surface area contributed by atoms with E-state index >= 15 is 0 Å². The molecule has 0 saturated carbocycles. The number of aryl methyl sites for hydroxylation is 1. The fraction of sp³-hybridized carbons (Fsp3) is 0.733. The summed E-state index contributed by atoms with van der Waals surface area (Å²) < 4.78 is 1.81. The number of unbranched alkanes of at least 4 members (excludes halogenated alkanes) is 3. The molecule has 1 aromatic heterocycles. The molecule has 0 bridgehead atoms. The van der Waals surface area contributed by atoms with E-state index in [1.165, 1.54) is 19.3 Å². The first kappa shape index (κ1) is 17.5. The molecule has 3 N–H and O–H groups in total. The minimum atomic E-state index is 0.194. The van der Waals surface area contributed by atoms with Crippen LogP contribution in [0.2, 0.25) is 0 Å². The van der Waals surface area contributed by atoms with Crippen LogP contribution in [0.1, 0.15) is 44.2 Å². The number of nitrogens with one attached hydrogen (secondary N) is 1. The third-order valence-electron chi connectivity index (χ3n) is 3.50. The van der Waals surface area contributed by atoms with Crippen LogP contribution < -0.4 is 11.1 Å². The zero-order valence-electron chi connectivity index (χ0n) is 13.8. The van der Waals surface area contributed by atoms with Crippen molar-refractivity contribution in [2.24, 2.45) is 17.8 Å². The Morgan fingerprint density at radius 3 is 2.76 bits per heavy atom. The number of aliphatic imine (C=N–C) groups is 1. The van der Waals surface area contributed by atoms with Gasteiger partial charge in [0.25, 0.3) is 0 Å². The van der Waals surface area contributed by atoms with E-state index in [0.717, 1.165) is 18.5 Å². The summed E-state index contributed by atoms with van der Waals surface area (Å²) in [6.45, 7) is 3.74. The minimum Gasteiger partial charge on any atom is -0.370 e. The van der Waals surface area contributed by atoms with Gasteiger partial charge in [-0.05, 0) is 20.5 Å². The van der Waals surface area contributed by atoms with Gasteiger partial charge in [-0.25, -0.2) is 0 Å². The van der Waals surface area contributed by atoms with E-state index in [4.69, 9.17) is 5.73 Å². The number of hydrogen-bond donors (Lipinski definition) is 2. The third-order valence-corrected chi connectivity index (χ3v) is 3.50. The summed E-state index contributed by atoms with van der Waals surface area (Å²) in [6.07, 6.45) is 8.82. The van der Waals surface area contributed by atoms with E-state index in [0.29, 0.717) is 12.5 Å². The average molecular weight is 294 g/mol. The molecular formula is C15H30N6. The van der Waals surface area contributed by atoms with Gasteiger partial charge in [0, 0.05) is 25.4 Å². The van der Waals surface area contributed by atoms with Crippen LogP contribution in [-0.4, -0.2) is 47.8 Å². The summed E-state index contributed by atoms with van der Waals surface area (Å²) in [6, 6.07) is 0.194. The fourth-order valence-electron chi connectivity index (χ4n) is 2.19. The normalized spacial score (nSPS) is 13.7. The van der Waals surface area contributed by atoms with Gasteiger partial charge in [0.15, 0.2) is 5.96 Å². The molecule has 0 fully saturated rings. The summed E-state index contributed by atoms with van der Waals surface area (Å²) in [5, 5.41) is 7.40. The Balaban J connectivity index is 2.43. The highest BCUT2D eigenvalue weighted by Crippen LogP contribution is 2.17. The predicted molar refractivity (Wildman–Crippen MR) is 88.3 cm³/mol. The second-order valence-corrected chi connectivity index (χ2v) is 5.64. The number of likely N-dealkylation sites (N-methyl/N-ethyl adjacent to an activating group) is 1. The van der Waals surface area contributed by atoms with Crippen LogP contribution in [0, 0.1) is 0 Å². The zero-order chi connectivity index (χ0) is 15.7. The van der Waals surface area contributed by atoms with Gasteiger partial charge in [-0.15, -0.1) is 0 Å². The van der Waals surface area contributed by atoms with Gasteiger partial charge in [0.05, 0.1) is 18.8 Å². The van der Waals surface area contributed by atoms with Crippen LogP contribution in [0.3, 0.4) is 0 Å². The van der Waals surface area contributed by atoms with Crippen molar-refractivity contribution in [1.29, 1.82) is 0 Å². The molecule has 120 valence electrons. The standard InChI is InChI=1S/C15H30N6/c1-5-6-7-8-9-17-15(16)18-11-14(20(2)3)13-10-19-21(4)12-13/h10,12,14H,5-9,11H2,1-4H3,(H3,16,17,18). The third kappa shape index (κ3) is 6.62. The lowest BCUT2D eigenvalue weighted by atomic mass is 10.1. The van der Waals surface area contributed by atoms with Gasteiger partial charge in [-0.1, -0.05) is 26.2 Å². The summed E-state index contributed by atoms with van der Waals surface area (Å²) in [5.74, 6) is 0.530. The number of aromatic nitrogens is 2. The van der Waals surface area contributed by atoms with Crippen LogP contribution in [0.25, 0.3) is 0 Å². The Labute approximate surface area is 128 Å². The molecule has 1 unspecified atom stereocenters. The average Bonchev–Trinajstić information content (AvgIpc) is 2.85. The zero-order valence-corrected chi connectivity index (χ0v) is 13.8. The SMILES string of the molecule is CCCCCCNC(N)=NCC(c1cnn(C)c1)N(C)C. The first-order valence-electron chi connectivity index (χ1n) is 7.73. The van der Waals surface area contributed by atoms with Crippen molar-refractivity contribution < 1.29 is 0 Å². The molecule has 1 atom stereocenters. The van der Waals surface area contributed by atoms with Crippen molar-refractivity contribution in [2.75, 3.05) is 27.2 Å². The molecule has 0 spiro atoms. The van der Waals surface area contributed by atoms with E-state index in [9.17, 15) is 0 Å². The number of guanidine groups is 1. The van der Waals surface area contributed by atoms with Crippen molar-refractivity contribution in [1.82, 2.24) is 20.0 Å². The quantitative estimate of drug-likeness (QED) is 0.411.